The number of carbonyl (C=O) groups excluding carboxylic acids is 2. The highest BCUT2D eigenvalue weighted by Crippen LogP contribution is 2.12. The minimum absolute atomic E-state index is 0.0772. The van der Waals surface area contributed by atoms with Gasteiger partial charge in [-0.15, -0.1) is 0 Å². The lowest BCUT2D eigenvalue weighted by Crippen LogP contribution is -2.26. The Balaban J connectivity index is 2.80. The molecule has 0 atom stereocenters. The van der Waals surface area contributed by atoms with Crippen molar-refractivity contribution in [3.05, 3.63) is 18.0 Å². The van der Waals surface area contributed by atoms with Crippen molar-refractivity contribution in [3.8, 4) is 0 Å². The van der Waals surface area contributed by atoms with Gasteiger partial charge in [-0.05, 0) is 6.07 Å². The Morgan fingerprint density at radius 3 is 2.58 bits per heavy atom. The summed E-state index contributed by atoms with van der Waals surface area (Å²) in [7, 11) is -1.06. The first-order valence-corrected chi connectivity index (χ1v) is 6.79. The molecule has 106 valence electrons. The minimum Gasteiger partial charge on any atom is -0.469 e. The molecule has 1 aromatic heterocycles. The number of carbonyl (C=O) groups is 2. The lowest BCUT2D eigenvalue weighted by molar-refractivity contribution is -0.140. The molecule has 0 bridgehead atoms. The molecule has 0 saturated carbocycles. The summed E-state index contributed by atoms with van der Waals surface area (Å²) in [6.07, 6.45) is 1.19. The normalized spacial score (nSPS) is 11.3. The third-order valence-electron chi connectivity index (χ3n) is 2.39. The van der Waals surface area contributed by atoms with E-state index in [9.17, 15) is 18.0 Å². The molecular formula is C10H15N3O5S. The van der Waals surface area contributed by atoms with Gasteiger partial charge in [-0.3, -0.25) is 9.59 Å². The van der Waals surface area contributed by atoms with Gasteiger partial charge in [0.15, 0.2) is 0 Å². The molecule has 0 aliphatic carbocycles. The Morgan fingerprint density at radius 2 is 2.11 bits per heavy atom. The first kappa shape index (κ1) is 15.2. The van der Waals surface area contributed by atoms with Crippen molar-refractivity contribution < 1.29 is 22.7 Å². The lowest BCUT2D eigenvalue weighted by atomic mass is 10.4. The Hall–Kier alpha value is -1.87. The molecule has 1 heterocycles. The standard InChI is InChI=1S/C10H15N3O5S/c1-13-6-7(5-8(13)10(11)15)19(16,17)12-4-3-9(14)18-2/h5-6,12H,3-4H2,1-2H3,(H2,11,15). The van der Waals surface area contributed by atoms with Gasteiger partial charge in [0.25, 0.3) is 5.91 Å². The Bertz CT molecular complexity index is 590. The molecule has 1 rings (SSSR count). The monoisotopic (exact) mass is 289 g/mol. The second kappa shape index (κ2) is 5.85. The molecule has 0 aromatic carbocycles. The van der Waals surface area contributed by atoms with E-state index in [0.29, 0.717) is 0 Å². The fraction of sp³-hybridized carbons (Fsp3) is 0.400. The molecule has 0 spiro atoms. The number of nitrogens with zero attached hydrogens (tertiary/aromatic N) is 1. The third kappa shape index (κ3) is 3.80. The van der Waals surface area contributed by atoms with Crippen molar-refractivity contribution in [2.45, 2.75) is 11.3 Å². The predicted molar refractivity (Wildman–Crippen MR) is 65.8 cm³/mol. The van der Waals surface area contributed by atoms with E-state index in [1.54, 1.807) is 0 Å². The molecule has 1 aromatic rings. The minimum atomic E-state index is -3.79. The van der Waals surface area contributed by atoms with Crippen LogP contribution in [0.4, 0.5) is 0 Å². The van der Waals surface area contributed by atoms with Crippen molar-refractivity contribution in [1.29, 1.82) is 0 Å². The Morgan fingerprint density at radius 1 is 1.47 bits per heavy atom. The number of ether oxygens (including phenoxy) is 1. The molecule has 0 fully saturated rings. The van der Waals surface area contributed by atoms with E-state index >= 15 is 0 Å². The van der Waals surface area contributed by atoms with E-state index < -0.39 is 21.9 Å². The van der Waals surface area contributed by atoms with Crippen molar-refractivity contribution >= 4 is 21.9 Å². The van der Waals surface area contributed by atoms with E-state index in [1.165, 1.54) is 31.0 Å². The zero-order chi connectivity index (χ0) is 14.6. The number of aromatic nitrogens is 1. The molecule has 9 heteroatoms. The summed E-state index contributed by atoms with van der Waals surface area (Å²) in [5.74, 6) is -1.24. The number of rotatable bonds is 6. The summed E-state index contributed by atoms with van der Waals surface area (Å²) in [6.45, 7) is -0.0875. The summed E-state index contributed by atoms with van der Waals surface area (Å²) in [6, 6.07) is 1.17. The Kier molecular flexibility index (Phi) is 4.67. The average molecular weight is 289 g/mol. The van der Waals surface area contributed by atoms with Gasteiger partial charge in [-0.1, -0.05) is 0 Å². The van der Waals surface area contributed by atoms with Crippen LogP contribution in [0.1, 0.15) is 16.9 Å². The average Bonchev–Trinajstić information content (AvgIpc) is 2.71. The first-order valence-electron chi connectivity index (χ1n) is 5.30. The van der Waals surface area contributed by atoms with E-state index in [0.717, 1.165) is 0 Å². The quantitative estimate of drug-likeness (QED) is 0.648. The number of sulfonamides is 1. The highest BCUT2D eigenvalue weighted by atomic mass is 32.2. The SMILES string of the molecule is COC(=O)CCNS(=O)(=O)c1cc(C(N)=O)n(C)c1. The van der Waals surface area contributed by atoms with Crippen LogP contribution in [-0.4, -0.2) is 38.5 Å². The predicted octanol–water partition coefficient (Wildman–Crippen LogP) is -1.03. The number of hydrogen-bond donors (Lipinski definition) is 2. The maximum atomic E-state index is 11.9. The molecule has 1 amide bonds. The number of nitrogens with one attached hydrogen (secondary N) is 1. The summed E-state index contributed by atoms with van der Waals surface area (Å²) in [5.41, 5.74) is 5.17. The van der Waals surface area contributed by atoms with Crippen molar-refractivity contribution in [3.63, 3.8) is 0 Å². The van der Waals surface area contributed by atoms with Crippen LogP contribution in [0.15, 0.2) is 17.2 Å². The van der Waals surface area contributed by atoms with E-state index in [2.05, 4.69) is 9.46 Å². The molecular weight excluding hydrogens is 274 g/mol. The lowest BCUT2D eigenvalue weighted by Gasteiger charge is -2.03. The first-order chi connectivity index (χ1) is 8.77. The summed E-state index contributed by atoms with van der Waals surface area (Å²) >= 11 is 0. The number of esters is 1. The van der Waals surface area contributed by atoms with Gasteiger partial charge in [0.1, 0.15) is 10.6 Å². The van der Waals surface area contributed by atoms with Gasteiger partial charge in [0.05, 0.1) is 13.5 Å². The largest absolute Gasteiger partial charge is 0.469 e. The summed E-state index contributed by atoms with van der Waals surface area (Å²) in [4.78, 5) is 21.8. The zero-order valence-corrected chi connectivity index (χ0v) is 11.4. The number of amides is 1. The van der Waals surface area contributed by atoms with Crippen LogP contribution in [0.2, 0.25) is 0 Å². The molecule has 0 aliphatic heterocycles. The highest BCUT2D eigenvalue weighted by Gasteiger charge is 2.19. The number of nitrogens with two attached hydrogens (primary N) is 1. The van der Waals surface area contributed by atoms with Gasteiger partial charge in [0, 0.05) is 19.8 Å². The van der Waals surface area contributed by atoms with E-state index in [-0.39, 0.29) is 23.6 Å². The van der Waals surface area contributed by atoms with Crippen LogP contribution in [0.25, 0.3) is 0 Å². The molecule has 0 saturated heterocycles. The second-order valence-corrected chi connectivity index (χ2v) is 5.53. The number of primary amides is 1. The zero-order valence-electron chi connectivity index (χ0n) is 10.5. The molecule has 0 aliphatic rings. The smallest absolute Gasteiger partial charge is 0.306 e. The molecule has 19 heavy (non-hydrogen) atoms. The van der Waals surface area contributed by atoms with E-state index in [1.807, 2.05) is 0 Å². The fourth-order valence-electron chi connectivity index (χ4n) is 1.40. The van der Waals surface area contributed by atoms with Gasteiger partial charge >= 0.3 is 5.97 Å². The van der Waals surface area contributed by atoms with Crippen molar-refractivity contribution in [2.24, 2.45) is 12.8 Å². The maximum absolute atomic E-state index is 11.9. The van der Waals surface area contributed by atoms with Crippen LogP contribution in [0, 0.1) is 0 Å². The molecule has 0 radical (unpaired) electrons. The van der Waals surface area contributed by atoms with Gasteiger partial charge < -0.3 is 15.0 Å². The molecule has 8 nitrogen and oxygen atoms in total. The van der Waals surface area contributed by atoms with Crippen LogP contribution >= 0.6 is 0 Å². The van der Waals surface area contributed by atoms with E-state index in [4.69, 9.17) is 5.73 Å². The highest BCUT2D eigenvalue weighted by molar-refractivity contribution is 7.89. The van der Waals surface area contributed by atoms with Crippen LogP contribution in [0.3, 0.4) is 0 Å². The van der Waals surface area contributed by atoms with Crippen molar-refractivity contribution in [1.82, 2.24) is 9.29 Å². The molecule has 3 N–H and O–H groups in total. The van der Waals surface area contributed by atoms with Gasteiger partial charge in [0.2, 0.25) is 10.0 Å². The second-order valence-electron chi connectivity index (χ2n) is 3.76. The summed E-state index contributed by atoms with van der Waals surface area (Å²) in [5, 5.41) is 0. The number of methoxy groups -OCH3 is 1. The van der Waals surface area contributed by atoms with Crippen LogP contribution in [0.5, 0.6) is 0 Å². The summed E-state index contributed by atoms with van der Waals surface area (Å²) < 4.78 is 31.7. The van der Waals surface area contributed by atoms with Crippen molar-refractivity contribution in [2.75, 3.05) is 13.7 Å². The third-order valence-corrected chi connectivity index (χ3v) is 3.82. The van der Waals surface area contributed by atoms with Crippen LogP contribution in [-0.2, 0) is 26.6 Å². The van der Waals surface area contributed by atoms with Gasteiger partial charge in [-0.2, -0.15) is 0 Å². The fourth-order valence-corrected chi connectivity index (χ4v) is 2.50. The maximum Gasteiger partial charge on any atom is 0.306 e. The van der Waals surface area contributed by atoms with Crippen LogP contribution < -0.4 is 10.5 Å². The number of aryl methyl sites for hydroxylation is 1. The number of hydrogen-bond acceptors (Lipinski definition) is 5. The molecule has 0 unspecified atom stereocenters. The Labute approximate surface area is 110 Å². The topological polar surface area (TPSA) is 120 Å². The van der Waals surface area contributed by atoms with Gasteiger partial charge in [-0.25, -0.2) is 13.1 Å².